The van der Waals surface area contributed by atoms with Crippen LogP contribution in [0, 0.1) is 5.82 Å². The van der Waals surface area contributed by atoms with E-state index in [0.29, 0.717) is 0 Å². The molecule has 2 aromatic rings. The fraction of sp³-hybridized carbons (Fsp3) is 0.211. The van der Waals surface area contributed by atoms with Gasteiger partial charge in [-0.1, -0.05) is 42.0 Å². The summed E-state index contributed by atoms with van der Waals surface area (Å²) in [4.78, 5) is 12.3. The van der Waals surface area contributed by atoms with Crippen molar-refractivity contribution in [3.63, 3.8) is 0 Å². The van der Waals surface area contributed by atoms with Gasteiger partial charge in [0.25, 0.3) is 0 Å². The topological polar surface area (TPSA) is 61.4 Å². The Bertz CT molecular complexity index is 834. The number of hydrogen-bond acceptors (Lipinski definition) is 2. The molecule has 6 heteroatoms. The molecule has 0 aliphatic carbocycles. The minimum Gasteiger partial charge on any atom is -0.506 e. The molecule has 0 aromatic heterocycles. The summed E-state index contributed by atoms with van der Waals surface area (Å²) in [5.41, 5.74) is 1.96. The van der Waals surface area contributed by atoms with Crippen LogP contribution in [-0.2, 0) is 5.54 Å². The lowest BCUT2D eigenvalue weighted by molar-refractivity contribution is 0.241. The number of carbonyl (C=O) groups is 1. The zero-order chi connectivity index (χ0) is 18.8. The molecule has 0 saturated heterocycles. The number of rotatable bonds is 4. The van der Waals surface area contributed by atoms with Crippen LogP contribution in [-0.4, -0.2) is 11.1 Å². The van der Waals surface area contributed by atoms with Gasteiger partial charge in [-0.05, 0) is 44.0 Å². The lowest BCUT2D eigenvalue weighted by Crippen LogP contribution is -2.43. The molecule has 2 amide bonds. The number of benzene rings is 2. The molecule has 2 aromatic carbocycles. The van der Waals surface area contributed by atoms with Crippen LogP contribution in [0.3, 0.4) is 0 Å². The lowest BCUT2D eigenvalue weighted by atomic mass is 9.92. The fourth-order valence-corrected chi connectivity index (χ4v) is 2.48. The fourth-order valence-electron chi connectivity index (χ4n) is 2.32. The Morgan fingerprint density at radius 2 is 1.96 bits per heavy atom. The van der Waals surface area contributed by atoms with Crippen LogP contribution < -0.4 is 10.6 Å². The van der Waals surface area contributed by atoms with Gasteiger partial charge >= 0.3 is 6.03 Å². The van der Waals surface area contributed by atoms with Crippen LogP contribution in [0.15, 0.2) is 43.0 Å². The van der Waals surface area contributed by atoms with Crippen molar-refractivity contribution in [2.45, 2.75) is 26.3 Å². The van der Waals surface area contributed by atoms with Crippen molar-refractivity contribution in [2.75, 3.05) is 5.32 Å². The van der Waals surface area contributed by atoms with Crippen LogP contribution in [0.5, 0.6) is 5.75 Å². The first-order valence-corrected chi connectivity index (χ1v) is 8.01. The molecule has 4 nitrogen and oxygen atoms in total. The normalized spacial score (nSPS) is 11.1. The summed E-state index contributed by atoms with van der Waals surface area (Å²) in [7, 11) is 0. The summed E-state index contributed by atoms with van der Waals surface area (Å²) < 4.78 is 13.8. The SMILES string of the molecule is C=C(C)c1cccc(C(C)(C)NC(=O)Nc2cc(Cl)c(O)cc2F)c1. The molecule has 0 saturated carbocycles. The minimum absolute atomic E-state index is 0.0508. The first-order valence-electron chi connectivity index (χ1n) is 7.64. The van der Waals surface area contributed by atoms with E-state index in [1.54, 1.807) is 0 Å². The third-order valence-electron chi connectivity index (χ3n) is 3.79. The molecule has 3 N–H and O–H groups in total. The molecule has 0 radical (unpaired) electrons. The van der Waals surface area contributed by atoms with Gasteiger partial charge in [-0.25, -0.2) is 9.18 Å². The van der Waals surface area contributed by atoms with Crippen LogP contribution in [0.2, 0.25) is 5.02 Å². The van der Waals surface area contributed by atoms with Gasteiger partial charge < -0.3 is 15.7 Å². The van der Waals surface area contributed by atoms with Gasteiger partial charge in [-0.15, -0.1) is 0 Å². The van der Waals surface area contributed by atoms with Crippen molar-refractivity contribution < 1.29 is 14.3 Å². The molecule has 0 unspecified atom stereocenters. The number of halogens is 2. The maximum absolute atomic E-state index is 13.8. The van der Waals surface area contributed by atoms with E-state index in [-0.39, 0.29) is 16.5 Å². The zero-order valence-electron chi connectivity index (χ0n) is 14.3. The zero-order valence-corrected chi connectivity index (χ0v) is 15.0. The molecular formula is C19H20ClFN2O2. The average Bonchev–Trinajstić information content (AvgIpc) is 2.52. The number of hydrogen-bond donors (Lipinski definition) is 3. The summed E-state index contributed by atoms with van der Waals surface area (Å²) in [6, 6.07) is 9.08. The summed E-state index contributed by atoms with van der Waals surface area (Å²) in [5, 5.41) is 14.5. The Hall–Kier alpha value is -2.53. The van der Waals surface area contributed by atoms with Crippen molar-refractivity contribution in [3.8, 4) is 5.75 Å². The molecule has 2 rings (SSSR count). The monoisotopic (exact) mass is 362 g/mol. The second-order valence-corrected chi connectivity index (χ2v) is 6.76. The van der Waals surface area contributed by atoms with Crippen molar-refractivity contribution in [3.05, 3.63) is 64.9 Å². The van der Waals surface area contributed by atoms with E-state index in [2.05, 4.69) is 17.2 Å². The third-order valence-corrected chi connectivity index (χ3v) is 4.09. The molecule has 25 heavy (non-hydrogen) atoms. The van der Waals surface area contributed by atoms with E-state index in [9.17, 15) is 14.3 Å². The second kappa shape index (κ2) is 7.15. The maximum Gasteiger partial charge on any atom is 0.320 e. The van der Waals surface area contributed by atoms with Crippen molar-refractivity contribution in [2.24, 2.45) is 0 Å². The van der Waals surface area contributed by atoms with E-state index in [1.165, 1.54) is 0 Å². The number of allylic oxidation sites excluding steroid dienone is 1. The van der Waals surface area contributed by atoms with Crippen molar-refractivity contribution in [1.82, 2.24) is 5.32 Å². The number of nitrogens with one attached hydrogen (secondary N) is 2. The Morgan fingerprint density at radius 3 is 2.60 bits per heavy atom. The van der Waals surface area contributed by atoms with E-state index < -0.39 is 17.4 Å². The van der Waals surface area contributed by atoms with E-state index >= 15 is 0 Å². The molecule has 0 spiro atoms. The number of anilines is 1. The molecule has 0 bridgehead atoms. The minimum atomic E-state index is -0.779. The number of urea groups is 1. The Balaban J connectivity index is 2.17. The molecule has 0 aliphatic heterocycles. The Labute approximate surface area is 151 Å². The average molecular weight is 363 g/mol. The smallest absolute Gasteiger partial charge is 0.320 e. The lowest BCUT2D eigenvalue weighted by Gasteiger charge is -2.27. The predicted octanol–water partition coefficient (Wildman–Crippen LogP) is 5.27. The molecule has 0 atom stereocenters. The van der Waals surface area contributed by atoms with Crippen LogP contribution >= 0.6 is 11.6 Å². The van der Waals surface area contributed by atoms with Gasteiger partial charge in [-0.2, -0.15) is 0 Å². The highest BCUT2D eigenvalue weighted by atomic mass is 35.5. The van der Waals surface area contributed by atoms with Gasteiger partial charge in [0.2, 0.25) is 0 Å². The van der Waals surface area contributed by atoms with Crippen LogP contribution in [0.1, 0.15) is 31.9 Å². The van der Waals surface area contributed by atoms with Crippen molar-refractivity contribution in [1.29, 1.82) is 0 Å². The Morgan fingerprint density at radius 1 is 1.28 bits per heavy atom. The van der Waals surface area contributed by atoms with Gasteiger partial charge in [-0.3, -0.25) is 0 Å². The molecule has 0 fully saturated rings. The molecule has 0 aliphatic rings. The molecule has 0 heterocycles. The summed E-state index contributed by atoms with van der Waals surface area (Å²) in [6.07, 6.45) is 0. The number of phenols is 1. The number of phenolic OH excluding ortho intramolecular Hbond substituents is 1. The molecular weight excluding hydrogens is 343 g/mol. The molecule has 132 valence electrons. The van der Waals surface area contributed by atoms with E-state index in [4.69, 9.17) is 11.6 Å². The third kappa shape index (κ3) is 4.51. The van der Waals surface area contributed by atoms with Gasteiger partial charge in [0, 0.05) is 6.07 Å². The largest absolute Gasteiger partial charge is 0.506 e. The standard InChI is InChI=1S/C19H20ClFN2O2/c1-11(2)12-6-5-7-13(8-12)19(3,4)23-18(25)22-16-9-14(20)17(24)10-15(16)21/h5-10,24H,1H2,2-4H3,(H2,22,23,25). The van der Waals surface area contributed by atoms with E-state index in [1.807, 2.05) is 45.0 Å². The number of amides is 2. The van der Waals surface area contributed by atoms with E-state index in [0.717, 1.165) is 28.8 Å². The summed E-state index contributed by atoms with van der Waals surface area (Å²) >= 11 is 5.75. The highest BCUT2D eigenvalue weighted by Gasteiger charge is 2.24. The second-order valence-electron chi connectivity index (χ2n) is 6.35. The summed E-state index contributed by atoms with van der Waals surface area (Å²) in [6.45, 7) is 9.50. The number of carbonyl (C=O) groups excluding carboxylic acids is 1. The quantitative estimate of drug-likeness (QED) is 0.648. The van der Waals surface area contributed by atoms with Crippen LogP contribution in [0.4, 0.5) is 14.9 Å². The summed E-state index contributed by atoms with van der Waals surface area (Å²) in [5.74, 6) is -1.17. The predicted molar refractivity (Wildman–Crippen MR) is 99.4 cm³/mol. The van der Waals surface area contributed by atoms with Crippen molar-refractivity contribution >= 4 is 28.9 Å². The van der Waals surface area contributed by atoms with Gasteiger partial charge in [0.1, 0.15) is 5.75 Å². The van der Waals surface area contributed by atoms with Gasteiger partial charge in [0.15, 0.2) is 5.82 Å². The highest BCUT2D eigenvalue weighted by Crippen LogP contribution is 2.29. The first kappa shape index (κ1) is 18.8. The number of aromatic hydroxyl groups is 1. The highest BCUT2D eigenvalue weighted by molar-refractivity contribution is 6.32. The van der Waals surface area contributed by atoms with Crippen LogP contribution in [0.25, 0.3) is 5.57 Å². The van der Waals surface area contributed by atoms with Gasteiger partial charge in [0.05, 0.1) is 16.2 Å². The first-order chi connectivity index (χ1) is 11.6. The maximum atomic E-state index is 13.8. The Kier molecular flexibility index (Phi) is 5.38.